The highest BCUT2D eigenvalue weighted by atomic mass is 32.2. The van der Waals surface area contributed by atoms with E-state index >= 15 is 0 Å². The number of hydrogen-bond donors (Lipinski definition) is 1. The molecule has 3 rings (SSSR count). The first-order valence-electron chi connectivity index (χ1n) is 10.5. The lowest BCUT2D eigenvalue weighted by atomic mass is 9.86. The molecule has 1 aromatic heterocycles. The molecule has 1 saturated carbocycles. The Morgan fingerprint density at radius 2 is 2.10 bits per heavy atom. The summed E-state index contributed by atoms with van der Waals surface area (Å²) in [6.07, 6.45) is 5.91. The Hall–Kier alpha value is -2.01. The van der Waals surface area contributed by atoms with Crippen LogP contribution in [0, 0.1) is 18.3 Å². The summed E-state index contributed by atoms with van der Waals surface area (Å²) in [5, 5.41) is 22.1. The molecule has 2 atom stereocenters. The quantitative estimate of drug-likeness (QED) is 0.451. The molecule has 0 radical (unpaired) electrons. The fraction of sp³-hybridized carbons (Fsp3) is 0.458. The summed E-state index contributed by atoms with van der Waals surface area (Å²) < 4.78 is 5.27. The molecule has 0 spiro atoms. The zero-order valence-electron chi connectivity index (χ0n) is 18.2. The number of benzene rings is 1. The van der Waals surface area contributed by atoms with Crippen LogP contribution in [0.3, 0.4) is 0 Å². The highest BCUT2D eigenvalue weighted by molar-refractivity contribution is 8.00. The van der Waals surface area contributed by atoms with Gasteiger partial charge >= 0.3 is 5.97 Å². The van der Waals surface area contributed by atoms with Crippen molar-refractivity contribution in [1.82, 2.24) is 4.98 Å². The van der Waals surface area contributed by atoms with Crippen LogP contribution in [0.1, 0.15) is 54.2 Å². The molecular formula is C24H28N2O3S2. The van der Waals surface area contributed by atoms with E-state index in [0.717, 1.165) is 31.2 Å². The van der Waals surface area contributed by atoms with Crippen molar-refractivity contribution in [3.63, 3.8) is 0 Å². The third kappa shape index (κ3) is 5.08. The minimum Gasteiger partial charge on any atom is -0.462 e. The molecule has 1 aliphatic carbocycles. The second-order valence-corrected chi connectivity index (χ2v) is 9.69. The first kappa shape index (κ1) is 23.6. The van der Waals surface area contributed by atoms with E-state index in [1.54, 1.807) is 25.6 Å². The summed E-state index contributed by atoms with van der Waals surface area (Å²) in [4.78, 5) is 17.4. The third-order valence-electron chi connectivity index (χ3n) is 5.67. The van der Waals surface area contributed by atoms with Crippen LogP contribution >= 0.6 is 23.5 Å². The number of nitrogens with zero attached hydrogens (tertiary/aromatic N) is 2. The molecule has 0 amide bonds. The van der Waals surface area contributed by atoms with E-state index in [9.17, 15) is 15.2 Å². The SMILES string of the molecule is CCOC(=O)c1c(C)nc(SC[C@@]2(O)CCCC[C@@H]2SC)c(C#N)c1-c1ccccc1. The van der Waals surface area contributed by atoms with Crippen LogP contribution in [0.4, 0.5) is 0 Å². The van der Waals surface area contributed by atoms with Crippen LogP contribution in [0.2, 0.25) is 0 Å². The summed E-state index contributed by atoms with van der Waals surface area (Å²) in [6, 6.07) is 11.7. The standard InChI is InChI=1S/C24H28N2O3S2/c1-4-29-23(27)20-16(2)26-22(18(14-25)21(20)17-10-6-5-7-11-17)31-15-24(28)13-9-8-12-19(24)30-3/h5-7,10-11,19,28H,4,8-9,12-13,15H2,1-3H3/t19-,24-/m0/s1. The van der Waals surface area contributed by atoms with Gasteiger partial charge < -0.3 is 9.84 Å². The van der Waals surface area contributed by atoms with E-state index in [-0.39, 0.29) is 11.9 Å². The Morgan fingerprint density at radius 3 is 2.74 bits per heavy atom. The molecule has 1 heterocycles. The number of carbonyl (C=O) groups excluding carboxylic acids is 1. The molecule has 7 heteroatoms. The number of nitriles is 1. The van der Waals surface area contributed by atoms with Gasteiger partial charge in [0.15, 0.2) is 0 Å². The first-order valence-corrected chi connectivity index (χ1v) is 12.8. The molecular weight excluding hydrogens is 428 g/mol. The number of aliphatic hydroxyl groups is 1. The molecule has 164 valence electrons. The van der Waals surface area contributed by atoms with Crippen molar-refractivity contribution >= 4 is 29.5 Å². The van der Waals surface area contributed by atoms with Crippen LogP contribution in [-0.2, 0) is 4.74 Å². The van der Waals surface area contributed by atoms with Gasteiger partial charge in [0.1, 0.15) is 11.1 Å². The monoisotopic (exact) mass is 456 g/mol. The van der Waals surface area contributed by atoms with Crippen LogP contribution < -0.4 is 0 Å². The summed E-state index contributed by atoms with van der Waals surface area (Å²) in [7, 11) is 0. The van der Waals surface area contributed by atoms with Crippen molar-refractivity contribution in [2.75, 3.05) is 18.6 Å². The summed E-state index contributed by atoms with van der Waals surface area (Å²) in [5.41, 5.74) is 1.73. The average Bonchev–Trinajstić information content (AvgIpc) is 2.78. The molecule has 1 aliphatic rings. The van der Waals surface area contributed by atoms with Gasteiger partial charge in [-0.3, -0.25) is 0 Å². The number of rotatable bonds is 7. The van der Waals surface area contributed by atoms with Gasteiger partial charge in [-0.1, -0.05) is 43.2 Å². The maximum atomic E-state index is 12.8. The van der Waals surface area contributed by atoms with Gasteiger partial charge in [-0.15, -0.1) is 11.8 Å². The molecule has 2 aromatic rings. The molecule has 31 heavy (non-hydrogen) atoms. The second-order valence-electron chi connectivity index (χ2n) is 7.69. The predicted molar refractivity (Wildman–Crippen MR) is 127 cm³/mol. The van der Waals surface area contributed by atoms with Gasteiger partial charge in [-0.25, -0.2) is 9.78 Å². The summed E-state index contributed by atoms with van der Waals surface area (Å²) >= 11 is 3.11. The molecule has 0 bridgehead atoms. The fourth-order valence-corrected chi connectivity index (χ4v) is 6.49. The number of thioether (sulfide) groups is 2. The smallest absolute Gasteiger partial charge is 0.340 e. The van der Waals surface area contributed by atoms with E-state index in [4.69, 9.17) is 4.74 Å². The number of hydrogen-bond acceptors (Lipinski definition) is 7. The maximum absolute atomic E-state index is 12.8. The Bertz CT molecular complexity index is 975. The number of aryl methyl sites for hydroxylation is 1. The number of pyridine rings is 1. The lowest BCUT2D eigenvalue weighted by molar-refractivity contribution is 0.0340. The van der Waals surface area contributed by atoms with E-state index in [1.165, 1.54) is 11.8 Å². The number of aromatic nitrogens is 1. The lowest BCUT2D eigenvalue weighted by Crippen LogP contribution is -2.45. The lowest BCUT2D eigenvalue weighted by Gasteiger charge is -2.39. The van der Waals surface area contributed by atoms with Crippen LogP contribution in [0.25, 0.3) is 11.1 Å². The molecule has 5 nitrogen and oxygen atoms in total. The van der Waals surface area contributed by atoms with Crippen molar-refractivity contribution in [3.05, 3.63) is 47.2 Å². The molecule has 1 N–H and O–H groups in total. The van der Waals surface area contributed by atoms with Gasteiger partial charge in [0.05, 0.1) is 29.0 Å². The average molecular weight is 457 g/mol. The molecule has 0 unspecified atom stereocenters. The predicted octanol–water partition coefficient (Wildman–Crippen LogP) is 5.23. The normalized spacial score (nSPS) is 20.8. The highest BCUT2D eigenvalue weighted by Gasteiger charge is 2.39. The minimum atomic E-state index is -0.794. The zero-order valence-corrected chi connectivity index (χ0v) is 19.8. The number of carbonyl (C=O) groups is 1. The van der Waals surface area contributed by atoms with Crippen molar-refractivity contribution < 1.29 is 14.6 Å². The van der Waals surface area contributed by atoms with Gasteiger partial charge in [-0.2, -0.15) is 17.0 Å². The Morgan fingerprint density at radius 1 is 1.35 bits per heavy atom. The van der Waals surface area contributed by atoms with Crippen LogP contribution in [0.15, 0.2) is 35.4 Å². The van der Waals surface area contributed by atoms with Crippen LogP contribution in [-0.4, -0.2) is 45.5 Å². The molecule has 0 saturated heterocycles. The second kappa shape index (κ2) is 10.5. The molecule has 1 fully saturated rings. The van der Waals surface area contributed by atoms with E-state index in [1.807, 2.05) is 36.6 Å². The van der Waals surface area contributed by atoms with E-state index in [0.29, 0.717) is 33.2 Å². The first-order chi connectivity index (χ1) is 14.9. The largest absolute Gasteiger partial charge is 0.462 e. The third-order valence-corrected chi connectivity index (χ3v) is 8.12. The topological polar surface area (TPSA) is 83.2 Å². The van der Waals surface area contributed by atoms with Gasteiger partial charge in [0, 0.05) is 16.6 Å². The van der Waals surface area contributed by atoms with Crippen molar-refractivity contribution in [2.24, 2.45) is 0 Å². The number of ether oxygens (including phenoxy) is 1. The summed E-state index contributed by atoms with van der Waals surface area (Å²) in [6.45, 7) is 3.77. The fourth-order valence-electron chi connectivity index (χ4n) is 4.12. The Balaban J connectivity index is 2.07. The Kier molecular flexibility index (Phi) is 8.04. The molecule has 1 aromatic carbocycles. The van der Waals surface area contributed by atoms with Gasteiger partial charge in [0.2, 0.25) is 0 Å². The number of esters is 1. The van der Waals surface area contributed by atoms with Gasteiger partial charge in [0.25, 0.3) is 0 Å². The molecule has 0 aliphatic heterocycles. The summed E-state index contributed by atoms with van der Waals surface area (Å²) in [5.74, 6) is -0.0140. The highest BCUT2D eigenvalue weighted by Crippen LogP contribution is 2.41. The Labute approximate surface area is 192 Å². The zero-order chi connectivity index (χ0) is 22.4. The minimum absolute atomic E-state index is 0.174. The van der Waals surface area contributed by atoms with Crippen molar-refractivity contribution in [3.8, 4) is 17.2 Å². The van der Waals surface area contributed by atoms with E-state index in [2.05, 4.69) is 11.1 Å². The van der Waals surface area contributed by atoms with Gasteiger partial charge in [-0.05, 0) is 38.5 Å². The van der Waals surface area contributed by atoms with Crippen molar-refractivity contribution in [2.45, 2.75) is 55.4 Å². The maximum Gasteiger partial charge on any atom is 0.340 e. The van der Waals surface area contributed by atoms with E-state index < -0.39 is 11.6 Å². The van der Waals surface area contributed by atoms with Crippen LogP contribution in [0.5, 0.6) is 0 Å². The van der Waals surface area contributed by atoms with Crippen molar-refractivity contribution in [1.29, 1.82) is 5.26 Å².